The summed E-state index contributed by atoms with van der Waals surface area (Å²) in [4.78, 5) is 29.5. The summed E-state index contributed by atoms with van der Waals surface area (Å²) < 4.78 is 16.7. The van der Waals surface area contributed by atoms with Crippen LogP contribution in [0.5, 0.6) is 17.2 Å². The molecule has 2 heterocycles. The molecule has 35 heavy (non-hydrogen) atoms. The average molecular weight is 473 g/mol. The monoisotopic (exact) mass is 472 g/mol. The summed E-state index contributed by atoms with van der Waals surface area (Å²) in [6, 6.07) is 18.4. The van der Waals surface area contributed by atoms with Crippen LogP contribution >= 0.6 is 0 Å². The fourth-order valence-electron chi connectivity index (χ4n) is 5.19. The molecule has 7 heteroatoms. The molecule has 0 unspecified atom stereocenters. The molecule has 0 saturated heterocycles. The summed E-state index contributed by atoms with van der Waals surface area (Å²) in [7, 11) is 3.08. The van der Waals surface area contributed by atoms with Gasteiger partial charge in [0.1, 0.15) is 5.75 Å². The minimum atomic E-state index is -0.654. The van der Waals surface area contributed by atoms with Crippen LogP contribution in [-0.2, 0) is 11.2 Å². The first kappa shape index (κ1) is 22.8. The molecule has 0 fully saturated rings. The number of rotatable bonds is 6. The van der Waals surface area contributed by atoms with Crippen LogP contribution in [0.15, 0.2) is 60.7 Å². The Hall–Kier alpha value is -4.00. The molecule has 2 atom stereocenters. The predicted molar refractivity (Wildman–Crippen MR) is 132 cm³/mol. The average Bonchev–Trinajstić information content (AvgIpc) is 2.89. The zero-order chi connectivity index (χ0) is 24.5. The second kappa shape index (κ2) is 9.33. The zero-order valence-corrected chi connectivity index (χ0v) is 20.0. The van der Waals surface area contributed by atoms with Crippen LogP contribution in [0.25, 0.3) is 0 Å². The third kappa shape index (κ3) is 3.87. The van der Waals surface area contributed by atoms with E-state index < -0.39 is 12.0 Å². The van der Waals surface area contributed by atoms with E-state index in [4.69, 9.17) is 14.2 Å². The minimum absolute atomic E-state index is 0.112. The van der Waals surface area contributed by atoms with Crippen molar-refractivity contribution in [1.29, 1.82) is 0 Å². The van der Waals surface area contributed by atoms with E-state index in [1.54, 1.807) is 19.2 Å². The van der Waals surface area contributed by atoms with Gasteiger partial charge in [0.05, 0.1) is 38.5 Å². The highest BCUT2D eigenvalue weighted by atomic mass is 16.5. The molecule has 3 aromatic carbocycles. The quantitative estimate of drug-likeness (QED) is 0.568. The number of benzene rings is 3. The van der Waals surface area contributed by atoms with Crippen molar-refractivity contribution >= 4 is 17.5 Å². The van der Waals surface area contributed by atoms with Crippen LogP contribution in [-0.4, -0.2) is 44.1 Å². The Labute approximate surface area is 204 Å². The van der Waals surface area contributed by atoms with Gasteiger partial charge in [-0.05, 0) is 54.3 Å². The highest BCUT2D eigenvalue weighted by Crippen LogP contribution is 2.48. The summed E-state index contributed by atoms with van der Waals surface area (Å²) in [5.41, 5.74) is 3.81. The number of amides is 2. The number of carbonyl (C=O) groups is 2. The van der Waals surface area contributed by atoms with Crippen LogP contribution in [0.1, 0.15) is 45.9 Å². The number of anilines is 1. The van der Waals surface area contributed by atoms with Gasteiger partial charge in [-0.1, -0.05) is 36.4 Å². The molecule has 180 valence electrons. The Morgan fingerprint density at radius 1 is 0.971 bits per heavy atom. The molecule has 5 rings (SSSR count). The number of nitrogens with zero attached hydrogens (tertiary/aromatic N) is 1. The maximum Gasteiger partial charge on any atom is 0.254 e. The van der Waals surface area contributed by atoms with Crippen molar-refractivity contribution in [1.82, 2.24) is 4.90 Å². The van der Waals surface area contributed by atoms with Crippen molar-refractivity contribution in [2.24, 2.45) is 0 Å². The molecule has 3 aromatic rings. The minimum Gasteiger partial charge on any atom is -0.493 e. The number of para-hydroxylation sites is 2. The number of ether oxygens (including phenoxy) is 3. The lowest BCUT2D eigenvalue weighted by Crippen LogP contribution is -2.49. The van der Waals surface area contributed by atoms with Crippen LogP contribution in [0, 0.1) is 0 Å². The second-order valence-electron chi connectivity index (χ2n) is 8.58. The van der Waals surface area contributed by atoms with E-state index >= 15 is 0 Å². The van der Waals surface area contributed by atoms with Crippen molar-refractivity contribution in [3.8, 4) is 17.2 Å². The Kier molecular flexibility index (Phi) is 6.07. The van der Waals surface area contributed by atoms with Gasteiger partial charge in [0, 0.05) is 12.1 Å². The summed E-state index contributed by atoms with van der Waals surface area (Å²) in [6.45, 7) is 2.92. The second-order valence-corrected chi connectivity index (χ2v) is 8.58. The molecule has 2 amide bonds. The molecule has 0 aromatic heterocycles. The van der Waals surface area contributed by atoms with Gasteiger partial charge in [-0.25, -0.2) is 0 Å². The van der Waals surface area contributed by atoms with Crippen molar-refractivity contribution in [2.45, 2.75) is 25.3 Å². The third-order valence-corrected chi connectivity index (χ3v) is 6.76. The van der Waals surface area contributed by atoms with E-state index in [9.17, 15) is 9.59 Å². The maximum absolute atomic E-state index is 14.0. The summed E-state index contributed by atoms with van der Waals surface area (Å²) in [6.07, 6.45) is 0.739. The third-order valence-electron chi connectivity index (χ3n) is 6.76. The topological polar surface area (TPSA) is 77.1 Å². The van der Waals surface area contributed by atoms with Gasteiger partial charge in [0.2, 0.25) is 5.91 Å². The number of fused-ring (bicyclic) bond motifs is 4. The van der Waals surface area contributed by atoms with Gasteiger partial charge in [-0.15, -0.1) is 0 Å². The van der Waals surface area contributed by atoms with Crippen molar-refractivity contribution in [3.63, 3.8) is 0 Å². The van der Waals surface area contributed by atoms with Gasteiger partial charge < -0.3 is 24.4 Å². The van der Waals surface area contributed by atoms with E-state index in [2.05, 4.69) is 11.4 Å². The number of hydrogen-bond donors (Lipinski definition) is 1. The van der Waals surface area contributed by atoms with Gasteiger partial charge >= 0.3 is 0 Å². The molecule has 1 N–H and O–H groups in total. The van der Waals surface area contributed by atoms with Gasteiger partial charge in [-0.2, -0.15) is 0 Å². The van der Waals surface area contributed by atoms with E-state index in [0.29, 0.717) is 47.2 Å². The molecule has 0 spiro atoms. The molecule has 7 nitrogen and oxygen atoms in total. The number of carbonyl (C=O) groups excluding carboxylic acids is 2. The zero-order valence-electron chi connectivity index (χ0n) is 20.0. The molecule has 0 saturated carbocycles. The molecule has 2 aliphatic rings. The van der Waals surface area contributed by atoms with E-state index in [-0.39, 0.29) is 11.8 Å². The first-order valence-corrected chi connectivity index (χ1v) is 11.7. The van der Waals surface area contributed by atoms with E-state index in [1.807, 2.05) is 54.3 Å². The van der Waals surface area contributed by atoms with Crippen molar-refractivity contribution < 1.29 is 23.8 Å². The van der Waals surface area contributed by atoms with Gasteiger partial charge in [0.25, 0.3) is 5.91 Å². The van der Waals surface area contributed by atoms with E-state index in [1.165, 1.54) is 7.11 Å². The predicted octanol–water partition coefficient (Wildman–Crippen LogP) is 4.58. The van der Waals surface area contributed by atoms with Crippen molar-refractivity contribution in [3.05, 3.63) is 82.9 Å². The van der Waals surface area contributed by atoms with Crippen LogP contribution in [0.3, 0.4) is 0 Å². The van der Waals surface area contributed by atoms with Gasteiger partial charge in [0.15, 0.2) is 11.5 Å². The fraction of sp³-hybridized carbons (Fsp3) is 0.286. The number of nitrogens with one attached hydrogen (secondary N) is 1. The summed E-state index contributed by atoms with van der Waals surface area (Å²) >= 11 is 0. The SMILES string of the molecule is CCOc1ccccc1NC(=O)[C@@H]1c2cc(OC)c(OC)cc2C(=O)N2CCc3ccccc3[C@H]12. The Morgan fingerprint density at radius 2 is 1.69 bits per heavy atom. The molecule has 0 radical (unpaired) electrons. The first-order valence-electron chi connectivity index (χ1n) is 11.7. The highest BCUT2D eigenvalue weighted by molar-refractivity contribution is 6.05. The van der Waals surface area contributed by atoms with Gasteiger partial charge in [-0.3, -0.25) is 9.59 Å². The number of hydrogen-bond acceptors (Lipinski definition) is 5. The van der Waals surface area contributed by atoms with E-state index in [0.717, 1.165) is 17.5 Å². The fourth-order valence-corrected chi connectivity index (χ4v) is 5.19. The highest BCUT2D eigenvalue weighted by Gasteiger charge is 2.47. The summed E-state index contributed by atoms with van der Waals surface area (Å²) in [5.74, 6) is 0.548. The molecular weight excluding hydrogens is 444 g/mol. The Morgan fingerprint density at radius 3 is 2.46 bits per heavy atom. The normalized spacial score (nSPS) is 18.1. The molecule has 0 bridgehead atoms. The lowest BCUT2D eigenvalue weighted by Gasteiger charge is -2.45. The van der Waals surface area contributed by atoms with Crippen LogP contribution in [0.2, 0.25) is 0 Å². The Balaban J connectivity index is 1.67. The first-order chi connectivity index (χ1) is 17.1. The summed E-state index contributed by atoms with van der Waals surface area (Å²) in [5, 5.41) is 3.08. The molecule has 2 aliphatic heterocycles. The lowest BCUT2D eigenvalue weighted by molar-refractivity contribution is -0.119. The smallest absolute Gasteiger partial charge is 0.254 e. The number of methoxy groups -OCH3 is 2. The van der Waals surface area contributed by atoms with Crippen LogP contribution in [0.4, 0.5) is 5.69 Å². The lowest BCUT2D eigenvalue weighted by atomic mass is 9.75. The molecular formula is C28H28N2O5. The Bertz CT molecular complexity index is 1290. The maximum atomic E-state index is 14.0. The van der Waals surface area contributed by atoms with Crippen LogP contribution < -0.4 is 19.5 Å². The molecule has 0 aliphatic carbocycles. The largest absolute Gasteiger partial charge is 0.493 e. The standard InChI is InChI=1S/C28H28N2O5/c1-4-35-22-12-8-7-11-21(22)29-27(31)25-19-15-23(33-2)24(34-3)16-20(19)28(32)30-14-13-17-9-5-6-10-18(17)26(25)30/h5-12,15-16,25-26H,4,13-14H2,1-3H3,(H,29,31)/t25-,26-/m1/s1. The van der Waals surface area contributed by atoms with Crippen molar-refractivity contribution in [2.75, 3.05) is 32.7 Å².